The van der Waals surface area contributed by atoms with Crippen molar-refractivity contribution >= 4 is 11.0 Å². The van der Waals surface area contributed by atoms with Crippen LogP contribution in [0.25, 0.3) is 11.0 Å². The van der Waals surface area contributed by atoms with Crippen LogP contribution in [0, 0.1) is 13.8 Å². The molecule has 0 aliphatic rings. The minimum atomic E-state index is -0.151. The Morgan fingerprint density at radius 2 is 1.64 bits per heavy atom. The number of aryl methyl sites for hydroxylation is 2. The van der Waals surface area contributed by atoms with Gasteiger partial charge in [0.15, 0.2) is 6.10 Å². The molecule has 1 atom stereocenters. The second-order valence-corrected chi connectivity index (χ2v) is 5.51. The van der Waals surface area contributed by atoms with Gasteiger partial charge in [0.05, 0.1) is 18.1 Å². The molecule has 4 nitrogen and oxygen atoms in total. The minimum absolute atomic E-state index is 0.151. The first-order valence-corrected chi connectivity index (χ1v) is 7.34. The van der Waals surface area contributed by atoms with Crippen molar-refractivity contribution < 1.29 is 9.47 Å². The van der Waals surface area contributed by atoms with E-state index in [1.54, 1.807) is 7.11 Å². The standard InChI is InChI=1S/C18H20N2O2/c1-11-9-16-17(10-12(11)2)20-18(19-16)13(3)22-15-7-5-14(21-4)6-8-15/h5-10,13H,1-4H3,(H,19,20). The lowest BCUT2D eigenvalue weighted by molar-refractivity contribution is 0.217. The Hall–Kier alpha value is -2.49. The third-order valence-electron chi connectivity index (χ3n) is 3.87. The number of hydrogen-bond donors (Lipinski definition) is 1. The number of rotatable bonds is 4. The van der Waals surface area contributed by atoms with Gasteiger partial charge in [0, 0.05) is 0 Å². The van der Waals surface area contributed by atoms with E-state index >= 15 is 0 Å². The van der Waals surface area contributed by atoms with Crippen LogP contribution in [0.2, 0.25) is 0 Å². The summed E-state index contributed by atoms with van der Waals surface area (Å²) in [7, 11) is 1.65. The first-order valence-electron chi connectivity index (χ1n) is 7.34. The molecule has 0 saturated carbocycles. The monoisotopic (exact) mass is 296 g/mol. The number of hydrogen-bond acceptors (Lipinski definition) is 3. The first kappa shape index (κ1) is 14.4. The average molecular weight is 296 g/mol. The smallest absolute Gasteiger partial charge is 0.153 e. The van der Waals surface area contributed by atoms with Crippen LogP contribution >= 0.6 is 0 Å². The van der Waals surface area contributed by atoms with E-state index in [0.717, 1.165) is 28.4 Å². The molecule has 0 bridgehead atoms. The van der Waals surface area contributed by atoms with Crippen LogP contribution < -0.4 is 9.47 Å². The summed E-state index contributed by atoms with van der Waals surface area (Å²) in [5.74, 6) is 2.44. The second kappa shape index (κ2) is 5.72. The minimum Gasteiger partial charge on any atom is -0.497 e. The van der Waals surface area contributed by atoms with Crippen LogP contribution in [0.4, 0.5) is 0 Å². The fraction of sp³-hybridized carbons (Fsp3) is 0.278. The second-order valence-electron chi connectivity index (χ2n) is 5.51. The van der Waals surface area contributed by atoms with Crippen molar-refractivity contribution in [3.05, 3.63) is 53.3 Å². The zero-order chi connectivity index (χ0) is 15.7. The van der Waals surface area contributed by atoms with Crippen LogP contribution in [-0.2, 0) is 0 Å². The highest BCUT2D eigenvalue weighted by Gasteiger charge is 2.13. The zero-order valence-corrected chi connectivity index (χ0v) is 13.3. The van der Waals surface area contributed by atoms with Gasteiger partial charge in [-0.15, -0.1) is 0 Å². The Morgan fingerprint density at radius 3 is 2.32 bits per heavy atom. The summed E-state index contributed by atoms with van der Waals surface area (Å²) in [6, 6.07) is 11.8. The van der Waals surface area contributed by atoms with Gasteiger partial charge in [-0.1, -0.05) is 0 Å². The van der Waals surface area contributed by atoms with Gasteiger partial charge in [-0.25, -0.2) is 4.98 Å². The highest BCUT2D eigenvalue weighted by Crippen LogP contribution is 2.25. The van der Waals surface area contributed by atoms with Crippen LogP contribution in [0.15, 0.2) is 36.4 Å². The molecule has 1 unspecified atom stereocenters. The Labute approximate surface area is 130 Å². The van der Waals surface area contributed by atoms with E-state index in [4.69, 9.17) is 9.47 Å². The van der Waals surface area contributed by atoms with Crippen molar-refractivity contribution in [1.82, 2.24) is 9.97 Å². The van der Waals surface area contributed by atoms with Gasteiger partial charge in [0.2, 0.25) is 0 Å². The van der Waals surface area contributed by atoms with E-state index < -0.39 is 0 Å². The summed E-state index contributed by atoms with van der Waals surface area (Å²) in [6.45, 7) is 6.19. The molecule has 22 heavy (non-hydrogen) atoms. The van der Waals surface area contributed by atoms with E-state index in [9.17, 15) is 0 Å². The molecule has 0 radical (unpaired) electrons. The molecule has 0 saturated heterocycles. The maximum absolute atomic E-state index is 5.94. The highest BCUT2D eigenvalue weighted by molar-refractivity contribution is 5.77. The summed E-state index contributed by atoms with van der Waals surface area (Å²) in [6.07, 6.45) is -0.151. The van der Waals surface area contributed by atoms with E-state index in [1.165, 1.54) is 11.1 Å². The lowest BCUT2D eigenvalue weighted by Crippen LogP contribution is -2.04. The highest BCUT2D eigenvalue weighted by atomic mass is 16.5. The molecule has 0 aliphatic carbocycles. The summed E-state index contributed by atoms with van der Waals surface area (Å²) in [5, 5.41) is 0. The maximum atomic E-state index is 5.94. The number of ether oxygens (including phenoxy) is 2. The van der Waals surface area contributed by atoms with Crippen LogP contribution in [0.3, 0.4) is 0 Å². The number of methoxy groups -OCH3 is 1. The molecule has 0 aliphatic heterocycles. The predicted octanol–water partition coefficient (Wildman–Crippen LogP) is 4.33. The number of aromatic amines is 1. The molecule has 114 valence electrons. The number of aromatic nitrogens is 2. The largest absolute Gasteiger partial charge is 0.497 e. The molecule has 2 aromatic carbocycles. The van der Waals surface area contributed by atoms with Gasteiger partial charge in [-0.3, -0.25) is 0 Å². The maximum Gasteiger partial charge on any atom is 0.153 e. The van der Waals surface area contributed by atoms with Gasteiger partial charge in [-0.2, -0.15) is 0 Å². The summed E-state index contributed by atoms with van der Waals surface area (Å²) >= 11 is 0. The molecule has 0 spiro atoms. The Balaban J connectivity index is 1.83. The molecule has 3 aromatic rings. The third-order valence-corrected chi connectivity index (χ3v) is 3.87. The number of nitrogens with one attached hydrogen (secondary N) is 1. The van der Waals surface area contributed by atoms with E-state index in [0.29, 0.717) is 0 Å². The van der Waals surface area contributed by atoms with Crippen molar-refractivity contribution in [3.63, 3.8) is 0 Å². The molecule has 0 fully saturated rings. The van der Waals surface area contributed by atoms with Crippen molar-refractivity contribution in [2.24, 2.45) is 0 Å². The summed E-state index contributed by atoms with van der Waals surface area (Å²) in [4.78, 5) is 7.98. The van der Waals surface area contributed by atoms with Crippen molar-refractivity contribution in [2.75, 3.05) is 7.11 Å². The molecule has 1 heterocycles. The molecular formula is C18H20N2O2. The fourth-order valence-corrected chi connectivity index (χ4v) is 2.40. The topological polar surface area (TPSA) is 47.1 Å². The van der Waals surface area contributed by atoms with E-state index in [-0.39, 0.29) is 6.10 Å². The van der Waals surface area contributed by atoms with Crippen LogP contribution in [0.1, 0.15) is 30.0 Å². The normalized spacial score (nSPS) is 12.4. The molecule has 1 aromatic heterocycles. The Morgan fingerprint density at radius 1 is 1.00 bits per heavy atom. The van der Waals surface area contributed by atoms with Gasteiger partial charge in [0.25, 0.3) is 0 Å². The van der Waals surface area contributed by atoms with Gasteiger partial charge < -0.3 is 14.5 Å². The molecule has 0 amide bonds. The number of imidazole rings is 1. The lowest BCUT2D eigenvalue weighted by atomic mass is 10.1. The zero-order valence-electron chi connectivity index (χ0n) is 13.3. The Bertz CT molecular complexity index is 752. The van der Waals surface area contributed by atoms with Gasteiger partial charge >= 0.3 is 0 Å². The lowest BCUT2D eigenvalue weighted by Gasteiger charge is -2.12. The number of nitrogens with zero attached hydrogens (tertiary/aromatic N) is 1. The molecule has 3 rings (SSSR count). The molecular weight excluding hydrogens is 276 g/mol. The number of H-pyrrole nitrogens is 1. The van der Waals surface area contributed by atoms with Crippen molar-refractivity contribution in [3.8, 4) is 11.5 Å². The van der Waals surface area contributed by atoms with E-state index in [1.807, 2.05) is 31.2 Å². The SMILES string of the molecule is COc1ccc(OC(C)c2nc3cc(C)c(C)cc3[nH]2)cc1. The van der Waals surface area contributed by atoms with E-state index in [2.05, 4.69) is 35.9 Å². The van der Waals surface area contributed by atoms with Gasteiger partial charge in [-0.05, 0) is 68.3 Å². The van der Waals surface area contributed by atoms with Crippen LogP contribution in [-0.4, -0.2) is 17.1 Å². The quantitative estimate of drug-likeness (QED) is 0.779. The van der Waals surface area contributed by atoms with Crippen LogP contribution in [0.5, 0.6) is 11.5 Å². The summed E-state index contributed by atoms with van der Waals surface area (Å²) < 4.78 is 11.1. The average Bonchev–Trinajstić information content (AvgIpc) is 2.91. The fourth-order valence-electron chi connectivity index (χ4n) is 2.40. The predicted molar refractivity (Wildman–Crippen MR) is 87.6 cm³/mol. The summed E-state index contributed by atoms with van der Waals surface area (Å²) in [5.41, 5.74) is 4.52. The van der Waals surface area contributed by atoms with Crippen molar-refractivity contribution in [2.45, 2.75) is 26.9 Å². The number of fused-ring (bicyclic) bond motifs is 1. The van der Waals surface area contributed by atoms with Gasteiger partial charge in [0.1, 0.15) is 17.3 Å². The third kappa shape index (κ3) is 2.77. The molecule has 1 N–H and O–H groups in total. The molecule has 4 heteroatoms. The van der Waals surface area contributed by atoms with Crippen molar-refractivity contribution in [1.29, 1.82) is 0 Å². The number of benzene rings is 2. The Kier molecular flexibility index (Phi) is 3.75. The first-order chi connectivity index (χ1) is 10.6.